The van der Waals surface area contributed by atoms with Crippen LogP contribution in [0.15, 0.2) is 0 Å². The summed E-state index contributed by atoms with van der Waals surface area (Å²) in [5.41, 5.74) is 13.3. The van der Waals surface area contributed by atoms with Crippen LogP contribution in [-0.2, 0) is 11.3 Å². The zero-order chi connectivity index (χ0) is 10.9. The van der Waals surface area contributed by atoms with Crippen molar-refractivity contribution in [1.29, 1.82) is 0 Å². The fourth-order valence-electron chi connectivity index (χ4n) is 1.24. The van der Waals surface area contributed by atoms with Crippen molar-refractivity contribution in [1.82, 2.24) is 9.78 Å². The van der Waals surface area contributed by atoms with Gasteiger partial charge in [-0.3, -0.25) is 9.48 Å². The Kier molecular flexibility index (Phi) is 2.78. The maximum absolute atomic E-state index is 10.9. The molecule has 14 heavy (non-hydrogen) atoms. The zero-order valence-electron chi connectivity index (χ0n) is 8.74. The fraction of sp³-hybridized carbons (Fsp3) is 0.556. The Balaban J connectivity index is 2.87. The number of primary amides is 1. The number of carbonyl (C=O) groups is 1. The van der Waals surface area contributed by atoms with Gasteiger partial charge < -0.3 is 11.5 Å². The number of aryl methyl sites for hydroxylation is 1. The van der Waals surface area contributed by atoms with Gasteiger partial charge in [0.15, 0.2) is 0 Å². The molecule has 0 radical (unpaired) electrons. The van der Waals surface area contributed by atoms with Crippen molar-refractivity contribution in [3.8, 4) is 0 Å². The second kappa shape index (κ2) is 3.69. The summed E-state index contributed by atoms with van der Waals surface area (Å²) in [5.74, 6) is -0.552. The molecular formula is C9H16N4O. The standard InChI is InChI=1S/C9H16N4O/c1-5(9(11)14)4-13-7(3)8(10)6(2)12-13/h5H,4,10H2,1-3H3,(H2,11,14). The molecule has 78 valence electrons. The Morgan fingerprint density at radius 3 is 2.50 bits per heavy atom. The molecule has 4 N–H and O–H groups in total. The third kappa shape index (κ3) is 1.86. The molecule has 1 atom stereocenters. The van der Waals surface area contributed by atoms with Crippen LogP contribution in [0.3, 0.4) is 0 Å². The molecule has 0 aliphatic carbocycles. The van der Waals surface area contributed by atoms with Crippen molar-refractivity contribution in [3.63, 3.8) is 0 Å². The molecule has 0 saturated carbocycles. The third-order valence-corrected chi connectivity index (χ3v) is 2.37. The molecule has 0 bridgehead atoms. The van der Waals surface area contributed by atoms with Crippen molar-refractivity contribution >= 4 is 11.6 Å². The fourth-order valence-corrected chi connectivity index (χ4v) is 1.24. The van der Waals surface area contributed by atoms with E-state index in [4.69, 9.17) is 11.5 Å². The van der Waals surface area contributed by atoms with Gasteiger partial charge in [-0.15, -0.1) is 0 Å². The largest absolute Gasteiger partial charge is 0.396 e. The van der Waals surface area contributed by atoms with E-state index in [2.05, 4.69) is 5.10 Å². The van der Waals surface area contributed by atoms with E-state index in [1.54, 1.807) is 11.6 Å². The number of nitrogens with zero attached hydrogens (tertiary/aromatic N) is 2. The molecule has 0 aromatic carbocycles. The van der Waals surface area contributed by atoms with E-state index in [9.17, 15) is 4.79 Å². The number of anilines is 1. The van der Waals surface area contributed by atoms with Gasteiger partial charge in [-0.2, -0.15) is 5.10 Å². The highest BCUT2D eigenvalue weighted by Crippen LogP contribution is 2.15. The summed E-state index contributed by atoms with van der Waals surface area (Å²) >= 11 is 0. The van der Waals surface area contributed by atoms with Crippen LogP contribution >= 0.6 is 0 Å². The van der Waals surface area contributed by atoms with Crippen molar-refractivity contribution in [2.24, 2.45) is 11.7 Å². The van der Waals surface area contributed by atoms with E-state index in [0.717, 1.165) is 11.4 Å². The lowest BCUT2D eigenvalue weighted by atomic mass is 10.2. The normalized spacial score (nSPS) is 12.8. The maximum atomic E-state index is 10.9. The molecule has 1 rings (SSSR count). The van der Waals surface area contributed by atoms with Crippen LogP contribution in [0.5, 0.6) is 0 Å². The monoisotopic (exact) mass is 196 g/mol. The number of hydrogen-bond donors (Lipinski definition) is 2. The number of amides is 1. The third-order valence-electron chi connectivity index (χ3n) is 2.37. The summed E-state index contributed by atoms with van der Waals surface area (Å²) in [4.78, 5) is 10.9. The van der Waals surface area contributed by atoms with E-state index in [0.29, 0.717) is 12.2 Å². The Hall–Kier alpha value is -1.52. The van der Waals surface area contributed by atoms with Gasteiger partial charge in [-0.1, -0.05) is 6.92 Å². The smallest absolute Gasteiger partial charge is 0.222 e. The number of nitrogen functional groups attached to an aromatic ring is 1. The number of nitrogens with two attached hydrogens (primary N) is 2. The van der Waals surface area contributed by atoms with E-state index in [1.807, 2.05) is 13.8 Å². The SMILES string of the molecule is Cc1nn(CC(C)C(N)=O)c(C)c1N. The van der Waals surface area contributed by atoms with Crippen LogP contribution in [0.2, 0.25) is 0 Å². The molecule has 0 spiro atoms. The van der Waals surface area contributed by atoms with Crippen molar-refractivity contribution in [2.75, 3.05) is 5.73 Å². The number of hydrogen-bond acceptors (Lipinski definition) is 3. The lowest BCUT2D eigenvalue weighted by molar-refractivity contribution is -0.121. The van der Waals surface area contributed by atoms with Crippen LogP contribution in [0.1, 0.15) is 18.3 Å². The van der Waals surface area contributed by atoms with E-state index in [-0.39, 0.29) is 11.8 Å². The summed E-state index contributed by atoms with van der Waals surface area (Å²) in [6, 6.07) is 0. The topological polar surface area (TPSA) is 86.9 Å². The molecule has 0 saturated heterocycles. The van der Waals surface area contributed by atoms with Gasteiger partial charge in [0, 0.05) is 0 Å². The van der Waals surface area contributed by atoms with Gasteiger partial charge in [0.25, 0.3) is 0 Å². The number of carbonyl (C=O) groups excluding carboxylic acids is 1. The van der Waals surface area contributed by atoms with E-state index >= 15 is 0 Å². The number of rotatable bonds is 3. The van der Waals surface area contributed by atoms with E-state index in [1.165, 1.54) is 0 Å². The summed E-state index contributed by atoms with van der Waals surface area (Å²) in [7, 11) is 0. The predicted molar refractivity (Wildman–Crippen MR) is 54.5 cm³/mol. The lowest BCUT2D eigenvalue weighted by Gasteiger charge is -2.08. The Morgan fingerprint density at radius 1 is 1.57 bits per heavy atom. The Morgan fingerprint density at radius 2 is 2.14 bits per heavy atom. The Labute approximate surface area is 83.1 Å². The molecule has 1 aromatic heterocycles. The molecule has 5 nitrogen and oxygen atoms in total. The Bertz CT molecular complexity index is 356. The van der Waals surface area contributed by atoms with Crippen LogP contribution in [0, 0.1) is 19.8 Å². The van der Waals surface area contributed by atoms with Gasteiger partial charge in [0.05, 0.1) is 29.5 Å². The second-order valence-electron chi connectivity index (χ2n) is 3.57. The minimum Gasteiger partial charge on any atom is -0.396 e. The van der Waals surface area contributed by atoms with E-state index < -0.39 is 0 Å². The highest BCUT2D eigenvalue weighted by Gasteiger charge is 2.14. The molecular weight excluding hydrogens is 180 g/mol. The lowest BCUT2D eigenvalue weighted by Crippen LogP contribution is -2.25. The predicted octanol–water partition coefficient (Wildman–Crippen LogP) is 0.204. The summed E-state index contributed by atoms with van der Waals surface area (Å²) in [6.45, 7) is 5.98. The van der Waals surface area contributed by atoms with Gasteiger partial charge >= 0.3 is 0 Å². The molecule has 0 aliphatic rings. The molecule has 1 amide bonds. The van der Waals surface area contributed by atoms with Crippen LogP contribution in [0.25, 0.3) is 0 Å². The minimum absolute atomic E-state index is 0.229. The molecule has 5 heteroatoms. The second-order valence-corrected chi connectivity index (χ2v) is 3.57. The summed E-state index contributed by atoms with van der Waals surface area (Å²) < 4.78 is 1.72. The van der Waals surface area contributed by atoms with Crippen molar-refractivity contribution < 1.29 is 4.79 Å². The van der Waals surface area contributed by atoms with Gasteiger partial charge in [0.2, 0.25) is 5.91 Å². The first-order chi connectivity index (χ1) is 6.43. The van der Waals surface area contributed by atoms with Crippen LogP contribution in [-0.4, -0.2) is 15.7 Å². The van der Waals surface area contributed by atoms with Crippen LogP contribution < -0.4 is 11.5 Å². The van der Waals surface area contributed by atoms with Crippen LogP contribution in [0.4, 0.5) is 5.69 Å². The number of aromatic nitrogens is 2. The highest BCUT2D eigenvalue weighted by molar-refractivity contribution is 5.76. The van der Waals surface area contributed by atoms with Gasteiger partial charge in [0.1, 0.15) is 0 Å². The first-order valence-corrected chi connectivity index (χ1v) is 4.52. The van der Waals surface area contributed by atoms with Crippen molar-refractivity contribution in [2.45, 2.75) is 27.3 Å². The average molecular weight is 196 g/mol. The van der Waals surface area contributed by atoms with Crippen molar-refractivity contribution in [3.05, 3.63) is 11.4 Å². The molecule has 1 aromatic rings. The zero-order valence-corrected chi connectivity index (χ0v) is 8.74. The molecule has 1 heterocycles. The quantitative estimate of drug-likeness (QED) is 0.724. The molecule has 0 aliphatic heterocycles. The molecule has 1 unspecified atom stereocenters. The summed E-state index contributed by atoms with van der Waals surface area (Å²) in [6.07, 6.45) is 0. The minimum atomic E-state index is -0.323. The molecule has 0 fully saturated rings. The highest BCUT2D eigenvalue weighted by atomic mass is 16.1. The first-order valence-electron chi connectivity index (χ1n) is 4.52. The summed E-state index contributed by atoms with van der Waals surface area (Å²) in [5, 5.41) is 4.22. The maximum Gasteiger partial charge on any atom is 0.222 e. The average Bonchev–Trinajstić information content (AvgIpc) is 2.33. The van der Waals surface area contributed by atoms with Gasteiger partial charge in [-0.25, -0.2) is 0 Å². The van der Waals surface area contributed by atoms with Gasteiger partial charge in [-0.05, 0) is 13.8 Å². The first kappa shape index (κ1) is 10.6.